The average molecular weight is 394 g/mol. The van der Waals surface area contributed by atoms with Crippen molar-refractivity contribution in [2.45, 2.75) is 45.7 Å². The van der Waals surface area contributed by atoms with Gasteiger partial charge in [-0.05, 0) is 37.3 Å². The van der Waals surface area contributed by atoms with Crippen LogP contribution in [0, 0.1) is 6.92 Å². The van der Waals surface area contributed by atoms with E-state index in [9.17, 15) is 13.2 Å². The molecular weight excluding hydrogens is 362 g/mol. The molecule has 2 aliphatic heterocycles. The van der Waals surface area contributed by atoms with E-state index in [-0.39, 0.29) is 11.7 Å². The predicted octanol–water partition coefficient (Wildman–Crippen LogP) is 1.84. The van der Waals surface area contributed by atoms with E-state index in [2.05, 4.69) is 36.1 Å². The van der Waals surface area contributed by atoms with Gasteiger partial charge in [0, 0.05) is 39.3 Å². The number of carbonyl (C=O) groups is 1. The maximum atomic E-state index is 13.0. The molecule has 6 nitrogen and oxygen atoms in total. The minimum absolute atomic E-state index is 0.0114. The Balaban J connectivity index is 1.57. The fraction of sp³-hybridized carbons (Fsp3) is 0.650. The Morgan fingerprint density at radius 1 is 1.11 bits per heavy atom. The van der Waals surface area contributed by atoms with Crippen molar-refractivity contribution in [3.05, 3.63) is 35.4 Å². The van der Waals surface area contributed by atoms with Crippen LogP contribution in [0.15, 0.2) is 24.3 Å². The van der Waals surface area contributed by atoms with Crippen LogP contribution in [0.3, 0.4) is 0 Å². The largest absolute Gasteiger partial charge is 0.339 e. The second-order valence-corrected chi connectivity index (χ2v) is 9.65. The lowest BCUT2D eigenvalue weighted by atomic mass is 10.1. The van der Waals surface area contributed by atoms with Gasteiger partial charge in [0.25, 0.3) is 0 Å². The van der Waals surface area contributed by atoms with Crippen LogP contribution in [0.25, 0.3) is 0 Å². The summed E-state index contributed by atoms with van der Waals surface area (Å²) in [5, 5.41) is 0. The predicted molar refractivity (Wildman–Crippen MR) is 107 cm³/mol. The second kappa shape index (κ2) is 8.71. The lowest BCUT2D eigenvalue weighted by molar-refractivity contribution is -0.136. The average Bonchev–Trinajstić information content (AvgIpc) is 3.14. The van der Waals surface area contributed by atoms with E-state index in [1.165, 1.54) is 15.4 Å². The molecule has 1 aromatic rings. The van der Waals surface area contributed by atoms with Crippen molar-refractivity contribution in [2.24, 2.45) is 0 Å². The summed E-state index contributed by atoms with van der Waals surface area (Å²) < 4.78 is 26.4. The maximum Gasteiger partial charge on any atom is 0.241 e. The Kier molecular flexibility index (Phi) is 6.55. The highest BCUT2D eigenvalue weighted by Gasteiger charge is 2.40. The summed E-state index contributed by atoms with van der Waals surface area (Å²) in [5.41, 5.74) is 2.61. The molecule has 1 amide bonds. The highest BCUT2D eigenvalue weighted by atomic mass is 32.2. The van der Waals surface area contributed by atoms with Crippen molar-refractivity contribution in [3.63, 3.8) is 0 Å². The third kappa shape index (κ3) is 4.70. The van der Waals surface area contributed by atoms with Crippen LogP contribution >= 0.6 is 0 Å². The molecule has 0 saturated carbocycles. The van der Waals surface area contributed by atoms with Crippen molar-refractivity contribution in [1.29, 1.82) is 0 Å². The zero-order valence-electron chi connectivity index (χ0n) is 16.4. The zero-order chi connectivity index (χ0) is 19.4. The topological polar surface area (TPSA) is 60.9 Å². The highest BCUT2D eigenvalue weighted by Crippen LogP contribution is 2.24. The molecule has 2 heterocycles. The fourth-order valence-corrected chi connectivity index (χ4v) is 5.80. The van der Waals surface area contributed by atoms with Crippen LogP contribution in [0.2, 0.25) is 0 Å². The summed E-state index contributed by atoms with van der Waals surface area (Å²) in [6.07, 6.45) is 2.00. The molecule has 1 aromatic carbocycles. The van der Waals surface area contributed by atoms with Crippen molar-refractivity contribution in [3.8, 4) is 0 Å². The minimum Gasteiger partial charge on any atom is -0.339 e. The monoisotopic (exact) mass is 393 g/mol. The van der Waals surface area contributed by atoms with Gasteiger partial charge in [0.15, 0.2) is 0 Å². The molecule has 1 unspecified atom stereocenters. The number of nitrogens with zero attached hydrogens (tertiary/aromatic N) is 3. The van der Waals surface area contributed by atoms with Crippen LogP contribution in [0.5, 0.6) is 0 Å². The number of carbonyl (C=O) groups excluding carboxylic acids is 1. The zero-order valence-corrected chi connectivity index (χ0v) is 17.2. The summed E-state index contributed by atoms with van der Waals surface area (Å²) in [7, 11) is -3.32. The maximum absolute atomic E-state index is 13.0. The first kappa shape index (κ1) is 20.3. The molecule has 3 rings (SSSR count). The van der Waals surface area contributed by atoms with Crippen LogP contribution in [0.4, 0.5) is 0 Å². The first-order valence-electron chi connectivity index (χ1n) is 9.97. The molecule has 0 bridgehead atoms. The van der Waals surface area contributed by atoms with E-state index < -0.39 is 16.1 Å². The summed E-state index contributed by atoms with van der Waals surface area (Å²) in [6, 6.07) is 7.90. The molecule has 27 heavy (non-hydrogen) atoms. The first-order valence-corrected chi connectivity index (χ1v) is 11.6. The number of sulfonamides is 1. The quantitative estimate of drug-likeness (QED) is 0.740. The molecule has 2 fully saturated rings. The Labute approximate surface area is 163 Å². The molecule has 0 spiro atoms. The summed E-state index contributed by atoms with van der Waals surface area (Å²) in [6.45, 7) is 8.36. The van der Waals surface area contributed by atoms with Gasteiger partial charge in [-0.15, -0.1) is 0 Å². The van der Waals surface area contributed by atoms with Gasteiger partial charge in [0.1, 0.15) is 6.04 Å². The molecule has 7 heteroatoms. The minimum atomic E-state index is -3.32. The normalized spacial score (nSPS) is 22.3. The van der Waals surface area contributed by atoms with E-state index in [0.29, 0.717) is 32.5 Å². The third-order valence-electron chi connectivity index (χ3n) is 5.65. The Bertz CT molecular complexity index is 757. The van der Waals surface area contributed by atoms with Crippen LogP contribution in [0.1, 0.15) is 37.3 Å². The number of hydrogen-bond acceptors (Lipinski definition) is 4. The number of hydrogen-bond donors (Lipinski definition) is 0. The van der Waals surface area contributed by atoms with Crippen molar-refractivity contribution < 1.29 is 13.2 Å². The van der Waals surface area contributed by atoms with Crippen LogP contribution in [-0.2, 0) is 21.4 Å². The fourth-order valence-electron chi connectivity index (χ4n) is 4.06. The molecule has 0 radical (unpaired) electrons. The molecule has 2 saturated heterocycles. The smallest absolute Gasteiger partial charge is 0.241 e. The Morgan fingerprint density at radius 2 is 1.81 bits per heavy atom. The lowest BCUT2D eigenvalue weighted by Gasteiger charge is -2.37. The van der Waals surface area contributed by atoms with Gasteiger partial charge < -0.3 is 4.90 Å². The number of aryl methyl sites for hydroxylation is 1. The van der Waals surface area contributed by atoms with E-state index in [4.69, 9.17) is 0 Å². The molecule has 0 aliphatic carbocycles. The van der Waals surface area contributed by atoms with E-state index in [1.807, 2.05) is 11.8 Å². The van der Waals surface area contributed by atoms with Gasteiger partial charge in [0.05, 0.1) is 5.75 Å². The Hall–Kier alpha value is -1.44. The van der Waals surface area contributed by atoms with Crippen molar-refractivity contribution >= 4 is 15.9 Å². The summed E-state index contributed by atoms with van der Waals surface area (Å²) in [4.78, 5) is 17.2. The highest BCUT2D eigenvalue weighted by molar-refractivity contribution is 7.89. The Morgan fingerprint density at radius 3 is 2.48 bits per heavy atom. The van der Waals surface area contributed by atoms with Gasteiger partial charge >= 0.3 is 0 Å². The van der Waals surface area contributed by atoms with Crippen molar-refractivity contribution in [2.75, 3.05) is 38.5 Å². The molecule has 150 valence electrons. The van der Waals surface area contributed by atoms with Crippen LogP contribution < -0.4 is 0 Å². The number of rotatable bonds is 6. The number of amides is 1. The molecule has 0 N–H and O–H groups in total. The molecule has 1 atom stereocenters. The van der Waals surface area contributed by atoms with Gasteiger partial charge in [-0.2, -0.15) is 4.31 Å². The summed E-state index contributed by atoms with van der Waals surface area (Å²) >= 11 is 0. The number of benzene rings is 1. The first-order chi connectivity index (χ1) is 12.9. The van der Waals surface area contributed by atoms with Crippen LogP contribution in [-0.4, -0.2) is 72.9 Å². The van der Waals surface area contributed by atoms with Gasteiger partial charge in [0.2, 0.25) is 15.9 Å². The third-order valence-corrected chi connectivity index (χ3v) is 7.72. The van der Waals surface area contributed by atoms with Gasteiger partial charge in [-0.25, -0.2) is 8.42 Å². The molecule has 0 aromatic heterocycles. The van der Waals surface area contributed by atoms with Gasteiger partial charge in [-0.3, -0.25) is 9.69 Å². The SMILES string of the molecule is CCCS(=O)(=O)N1CCCC1C(=O)N1CCN(Cc2ccccc2C)CC1. The molecule has 2 aliphatic rings. The van der Waals surface area contributed by atoms with Crippen molar-refractivity contribution in [1.82, 2.24) is 14.1 Å². The lowest BCUT2D eigenvalue weighted by Crippen LogP contribution is -2.54. The standard InChI is InChI=1S/C20H31N3O3S/c1-3-15-27(25,26)23-10-6-9-19(23)20(24)22-13-11-21(12-14-22)16-18-8-5-4-7-17(18)2/h4-5,7-8,19H,3,6,9-16H2,1-2H3. The second-order valence-electron chi connectivity index (χ2n) is 7.61. The van der Waals surface area contributed by atoms with Gasteiger partial charge in [-0.1, -0.05) is 31.2 Å². The van der Waals surface area contributed by atoms with E-state index in [0.717, 1.165) is 26.1 Å². The van der Waals surface area contributed by atoms with E-state index >= 15 is 0 Å². The summed E-state index contributed by atoms with van der Waals surface area (Å²) in [5.74, 6) is 0.115. The number of piperazine rings is 1. The molecular formula is C20H31N3O3S. The van der Waals surface area contributed by atoms with E-state index in [1.54, 1.807) is 0 Å².